The maximum absolute atomic E-state index is 12.7. The Morgan fingerprint density at radius 3 is 2.18 bits per heavy atom. The van der Waals surface area contributed by atoms with Crippen molar-refractivity contribution in [2.75, 3.05) is 5.32 Å². The highest BCUT2D eigenvalue weighted by molar-refractivity contribution is 5.97. The van der Waals surface area contributed by atoms with Crippen LogP contribution in [0.2, 0.25) is 0 Å². The van der Waals surface area contributed by atoms with Crippen molar-refractivity contribution in [3.63, 3.8) is 0 Å². The van der Waals surface area contributed by atoms with Crippen LogP contribution in [0.25, 0.3) is 0 Å². The number of amides is 1. The predicted molar refractivity (Wildman–Crippen MR) is 107 cm³/mol. The van der Waals surface area contributed by atoms with Crippen LogP contribution in [0.5, 0.6) is 0 Å². The van der Waals surface area contributed by atoms with Crippen LogP contribution in [0.4, 0.5) is 5.69 Å². The Bertz CT molecular complexity index is 836. The molecule has 0 saturated heterocycles. The molecule has 4 aliphatic carbocycles. The topological polar surface area (TPSA) is 88.7 Å². The Morgan fingerprint density at radius 2 is 1.68 bits per heavy atom. The predicted octanol–water partition coefficient (Wildman–Crippen LogP) is 4.10. The monoisotopic (exact) mass is 374 g/mol. The summed E-state index contributed by atoms with van der Waals surface area (Å²) in [5.41, 5.74) is 1.58. The lowest BCUT2D eigenvalue weighted by Crippen LogP contribution is -2.56. The van der Waals surface area contributed by atoms with Gasteiger partial charge >= 0.3 is 0 Å². The molecule has 1 aromatic rings. The summed E-state index contributed by atoms with van der Waals surface area (Å²) in [6, 6.07) is 11.0. The van der Waals surface area contributed by atoms with Crippen molar-refractivity contribution in [2.45, 2.75) is 51.5 Å². The highest BCUT2D eigenvalue weighted by Crippen LogP contribution is 2.61. The van der Waals surface area contributed by atoms with E-state index in [0.29, 0.717) is 5.56 Å². The van der Waals surface area contributed by atoms with Crippen molar-refractivity contribution < 1.29 is 4.79 Å². The van der Waals surface area contributed by atoms with Gasteiger partial charge in [-0.3, -0.25) is 4.79 Å². The Hall–Kier alpha value is -2.79. The van der Waals surface area contributed by atoms with Crippen molar-refractivity contribution in [3.05, 3.63) is 41.6 Å². The molecule has 0 aliphatic heterocycles. The van der Waals surface area contributed by atoms with Gasteiger partial charge in [-0.2, -0.15) is 10.5 Å². The van der Waals surface area contributed by atoms with E-state index in [1.807, 2.05) is 6.07 Å². The van der Waals surface area contributed by atoms with E-state index in [-0.39, 0.29) is 22.9 Å². The zero-order chi connectivity index (χ0) is 19.7. The molecule has 5 heteroatoms. The summed E-state index contributed by atoms with van der Waals surface area (Å²) >= 11 is 0. The molecule has 0 heterocycles. The van der Waals surface area contributed by atoms with Gasteiger partial charge in [-0.15, -0.1) is 0 Å². The third-order valence-corrected chi connectivity index (χ3v) is 7.11. The standard InChI is InChI=1S/C23H26N4O/c1-15(23-9-17-6-18(10-23)8-19(7-17)11-23)27-22(28)20(13-25)14-26-21-4-2-16(12-24)3-5-21/h2-5,14-15,17-19,26H,6-11H2,1H3,(H,27,28)/b20-14-. The summed E-state index contributed by atoms with van der Waals surface area (Å²) in [4.78, 5) is 12.7. The van der Waals surface area contributed by atoms with Crippen molar-refractivity contribution in [3.8, 4) is 12.1 Å². The highest BCUT2D eigenvalue weighted by atomic mass is 16.1. The molecule has 4 saturated carbocycles. The first kappa shape index (κ1) is 18.6. The summed E-state index contributed by atoms with van der Waals surface area (Å²) in [5.74, 6) is 2.17. The summed E-state index contributed by atoms with van der Waals surface area (Å²) in [6.45, 7) is 2.12. The molecule has 4 aliphatic rings. The number of carbonyl (C=O) groups excluding carboxylic acids is 1. The lowest BCUT2D eigenvalue weighted by molar-refractivity contribution is -0.122. The Labute approximate surface area is 166 Å². The second kappa shape index (κ2) is 7.32. The van der Waals surface area contributed by atoms with Crippen LogP contribution in [0.15, 0.2) is 36.0 Å². The number of nitrogens with zero attached hydrogens (tertiary/aromatic N) is 2. The second-order valence-electron chi connectivity index (χ2n) is 8.98. The van der Waals surface area contributed by atoms with Gasteiger partial charge in [-0.1, -0.05) is 0 Å². The number of nitrogens with one attached hydrogen (secondary N) is 2. The average molecular weight is 374 g/mol. The summed E-state index contributed by atoms with van der Waals surface area (Å²) < 4.78 is 0. The summed E-state index contributed by atoms with van der Waals surface area (Å²) in [6.07, 6.45) is 9.22. The lowest BCUT2D eigenvalue weighted by atomic mass is 9.48. The van der Waals surface area contributed by atoms with E-state index in [1.165, 1.54) is 44.7 Å². The summed E-state index contributed by atoms with van der Waals surface area (Å²) in [7, 11) is 0. The van der Waals surface area contributed by atoms with Crippen LogP contribution < -0.4 is 10.6 Å². The number of rotatable bonds is 5. The Kier molecular flexibility index (Phi) is 4.85. The highest BCUT2D eigenvalue weighted by Gasteiger charge is 2.53. The second-order valence-corrected chi connectivity index (χ2v) is 8.98. The molecule has 0 aromatic heterocycles. The number of hydrogen-bond acceptors (Lipinski definition) is 4. The van der Waals surface area contributed by atoms with Crippen LogP contribution >= 0.6 is 0 Å². The molecular weight excluding hydrogens is 348 g/mol. The zero-order valence-corrected chi connectivity index (χ0v) is 16.2. The first-order valence-corrected chi connectivity index (χ1v) is 10.2. The summed E-state index contributed by atoms with van der Waals surface area (Å²) in [5, 5.41) is 24.4. The maximum Gasteiger partial charge on any atom is 0.263 e. The molecule has 0 spiro atoms. The van der Waals surface area contributed by atoms with Gasteiger partial charge in [0.2, 0.25) is 0 Å². The minimum atomic E-state index is -0.313. The SMILES string of the molecule is CC(NC(=O)/C(C#N)=C\Nc1ccc(C#N)cc1)C12CC3CC(CC(C3)C1)C2. The van der Waals surface area contributed by atoms with E-state index in [1.54, 1.807) is 24.3 Å². The minimum absolute atomic E-state index is 0.0703. The van der Waals surface area contributed by atoms with E-state index < -0.39 is 0 Å². The smallest absolute Gasteiger partial charge is 0.263 e. The molecule has 144 valence electrons. The van der Waals surface area contributed by atoms with E-state index in [4.69, 9.17) is 5.26 Å². The number of nitriles is 2. The molecule has 28 heavy (non-hydrogen) atoms. The Morgan fingerprint density at radius 1 is 1.11 bits per heavy atom. The zero-order valence-electron chi connectivity index (χ0n) is 16.2. The van der Waals surface area contributed by atoms with Crippen LogP contribution in [-0.2, 0) is 4.79 Å². The number of hydrogen-bond donors (Lipinski definition) is 2. The molecule has 1 atom stereocenters. The van der Waals surface area contributed by atoms with Crippen LogP contribution in [0, 0.1) is 45.8 Å². The molecule has 0 radical (unpaired) electrons. The van der Waals surface area contributed by atoms with E-state index in [0.717, 1.165) is 23.4 Å². The molecule has 1 unspecified atom stereocenters. The van der Waals surface area contributed by atoms with Gasteiger partial charge in [-0.25, -0.2) is 0 Å². The quantitative estimate of drug-likeness (QED) is 0.600. The number of anilines is 1. The molecule has 1 amide bonds. The van der Waals surface area contributed by atoms with Crippen molar-refractivity contribution in [1.29, 1.82) is 10.5 Å². The van der Waals surface area contributed by atoms with Gasteiger partial charge in [0, 0.05) is 17.9 Å². The van der Waals surface area contributed by atoms with Crippen molar-refractivity contribution in [1.82, 2.24) is 5.32 Å². The molecule has 4 bridgehead atoms. The van der Waals surface area contributed by atoms with Gasteiger partial charge in [0.25, 0.3) is 5.91 Å². The minimum Gasteiger partial charge on any atom is -0.360 e. The van der Waals surface area contributed by atoms with Crippen LogP contribution in [0.3, 0.4) is 0 Å². The van der Waals surface area contributed by atoms with Gasteiger partial charge in [0.15, 0.2) is 0 Å². The van der Waals surface area contributed by atoms with Crippen LogP contribution in [0.1, 0.15) is 51.0 Å². The number of benzene rings is 1. The fourth-order valence-electron chi connectivity index (χ4n) is 6.08. The van der Waals surface area contributed by atoms with Crippen molar-refractivity contribution >= 4 is 11.6 Å². The first-order valence-electron chi connectivity index (χ1n) is 10.2. The van der Waals surface area contributed by atoms with Crippen molar-refractivity contribution in [2.24, 2.45) is 23.2 Å². The van der Waals surface area contributed by atoms with E-state index in [9.17, 15) is 10.1 Å². The van der Waals surface area contributed by atoms with Gasteiger partial charge in [0.1, 0.15) is 11.6 Å². The largest absolute Gasteiger partial charge is 0.360 e. The van der Waals surface area contributed by atoms with E-state index in [2.05, 4.69) is 23.6 Å². The van der Waals surface area contributed by atoms with Gasteiger partial charge in [-0.05, 0) is 92.9 Å². The Balaban J connectivity index is 1.41. The van der Waals surface area contributed by atoms with Gasteiger partial charge in [0.05, 0.1) is 11.6 Å². The van der Waals surface area contributed by atoms with E-state index >= 15 is 0 Å². The average Bonchev–Trinajstić information content (AvgIpc) is 2.68. The molecule has 4 fully saturated rings. The van der Waals surface area contributed by atoms with Crippen LogP contribution in [-0.4, -0.2) is 11.9 Å². The lowest BCUT2D eigenvalue weighted by Gasteiger charge is -2.59. The first-order chi connectivity index (χ1) is 13.5. The maximum atomic E-state index is 12.7. The molecule has 5 rings (SSSR count). The normalized spacial score (nSPS) is 31.5. The van der Waals surface area contributed by atoms with Gasteiger partial charge < -0.3 is 10.6 Å². The third-order valence-electron chi connectivity index (χ3n) is 7.11. The molecule has 5 nitrogen and oxygen atoms in total. The molecular formula is C23H26N4O. The molecule has 1 aromatic carbocycles. The fourth-order valence-corrected chi connectivity index (χ4v) is 6.08. The fraction of sp³-hybridized carbons (Fsp3) is 0.522. The third kappa shape index (κ3) is 3.50. The number of carbonyl (C=O) groups is 1. The molecule has 2 N–H and O–H groups in total.